The van der Waals surface area contributed by atoms with Crippen LogP contribution in [0.15, 0.2) is 23.2 Å². The molecule has 1 fully saturated rings. The largest absolute Gasteiger partial charge is 0.493 e. The molecule has 0 amide bonds. The van der Waals surface area contributed by atoms with Gasteiger partial charge in [0.05, 0.1) is 14.2 Å². The van der Waals surface area contributed by atoms with Crippen LogP contribution in [0.2, 0.25) is 0 Å². The minimum atomic E-state index is 0. The lowest BCUT2D eigenvalue weighted by Gasteiger charge is -2.30. The summed E-state index contributed by atoms with van der Waals surface area (Å²) in [4.78, 5) is 7.04. The van der Waals surface area contributed by atoms with Crippen LogP contribution >= 0.6 is 24.0 Å². The lowest BCUT2D eigenvalue weighted by atomic mass is 9.97. The lowest BCUT2D eigenvalue weighted by molar-refractivity contribution is 0.188. The standard InChI is InChI=1S/C18H30N4O2.HI/c1-4-9-22-10-7-14(8-11-22)13-20-18(19)21-15-5-6-16(23-2)17(12-15)24-3;/h5-6,12,14H,4,7-11,13H2,1-3H3,(H3,19,20,21);1H. The summed E-state index contributed by atoms with van der Waals surface area (Å²) in [5.74, 6) is 2.43. The highest BCUT2D eigenvalue weighted by atomic mass is 127. The van der Waals surface area contributed by atoms with Crippen LogP contribution in [0, 0.1) is 5.92 Å². The van der Waals surface area contributed by atoms with E-state index in [1.54, 1.807) is 14.2 Å². The molecule has 0 radical (unpaired) electrons. The van der Waals surface area contributed by atoms with E-state index in [-0.39, 0.29) is 24.0 Å². The van der Waals surface area contributed by atoms with Gasteiger partial charge in [0, 0.05) is 18.3 Å². The Balaban J connectivity index is 0.00000312. The molecule has 0 unspecified atom stereocenters. The number of likely N-dealkylation sites (tertiary alicyclic amines) is 1. The van der Waals surface area contributed by atoms with Gasteiger partial charge in [0.1, 0.15) is 0 Å². The molecule has 6 nitrogen and oxygen atoms in total. The summed E-state index contributed by atoms with van der Waals surface area (Å²) in [6.07, 6.45) is 3.63. The molecule has 1 aliphatic rings. The van der Waals surface area contributed by atoms with Crippen molar-refractivity contribution < 1.29 is 9.47 Å². The van der Waals surface area contributed by atoms with Crippen LogP contribution in [0.1, 0.15) is 26.2 Å². The van der Waals surface area contributed by atoms with E-state index in [4.69, 9.17) is 15.2 Å². The quantitative estimate of drug-likeness (QED) is 0.370. The molecule has 0 saturated carbocycles. The van der Waals surface area contributed by atoms with Crippen LogP contribution in [0.25, 0.3) is 0 Å². The van der Waals surface area contributed by atoms with Crippen LogP contribution < -0.4 is 20.5 Å². The second-order valence-corrected chi connectivity index (χ2v) is 6.21. The molecule has 1 heterocycles. The second-order valence-electron chi connectivity index (χ2n) is 6.21. The first-order valence-electron chi connectivity index (χ1n) is 8.67. The van der Waals surface area contributed by atoms with Gasteiger partial charge in [-0.3, -0.25) is 4.99 Å². The Morgan fingerprint density at radius 1 is 1.24 bits per heavy atom. The van der Waals surface area contributed by atoms with Gasteiger partial charge >= 0.3 is 0 Å². The zero-order valence-electron chi connectivity index (χ0n) is 15.5. The van der Waals surface area contributed by atoms with E-state index in [9.17, 15) is 0 Å². The summed E-state index contributed by atoms with van der Waals surface area (Å²) in [6, 6.07) is 5.59. The number of piperidine rings is 1. The van der Waals surface area contributed by atoms with Crippen molar-refractivity contribution in [3.05, 3.63) is 18.2 Å². The molecule has 7 heteroatoms. The number of nitrogens with zero attached hydrogens (tertiary/aromatic N) is 2. The van der Waals surface area contributed by atoms with Gasteiger partial charge in [-0.05, 0) is 56.9 Å². The first-order chi connectivity index (χ1) is 11.7. The number of aliphatic imine (C=N–C) groups is 1. The molecule has 0 bridgehead atoms. The smallest absolute Gasteiger partial charge is 0.193 e. The van der Waals surface area contributed by atoms with E-state index in [0.717, 1.165) is 12.2 Å². The van der Waals surface area contributed by atoms with Gasteiger partial charge < -0.3 is 25.4 Å². The Morgan fingerprint density at radius 2 is 1.92 bits per heavy atom. The summed E-state index contributed by atoms with van der Waals surface area (Å²) in [6.45, 7) is 6.58. The summed E-state index contributed by atoms with van der Waals surface area (Å²) in [7, 11) is 3.23. The van der Waals surface area contributed by atoms with Crippen LogP contribution in [-0.4, -0.2) is 51.3 Å². The van der Waals surface area contributed by atoms with Crippen LogP contribution in [0.4, 0.5) is 5.69 Å². The van der Waals surface area contributed by atoms with E-state index in [0.29, 0.717) is 23.4 Å². The second kappa shape index (κ2) is 11.4. The molecule has 25 heavy (non-hydrogen) atoms. The highest BCUT2D eigenvalue weighted by Gasteiger charge is 2.18. The fourth-order valence-corrected chi connectivity index (χ4v) is 3.04. The van der Waals surface area contributed by atoms with E-state index in [1.165, 1.54) is 38.9 Å². The number of rotatable bonds is 7. The fraction of sp³-hybridized carbons (Fsp3) is 0.611. The van der Waals surface area contributed by atoms with Crippen LogP contribution in [-0.2, 0) is 0 Å². The summed E-state index contributed by atoms with van der Waals surface area (Å²) < 4.78 is 10.5. The molecular weight excluding hydrogens is 431 g/mol. The summed E-state index contributed by atoms with van der Waals surface area (Å²) in [5, 5.41) is 3.12. The van der Waals surface area contributed by atoms with Crippen molar-refractivity contribution in [2.45, 2.75) is 26.2 Å². The topological polar surface area (TPSA) is 72.1 Å². The van der Waals surface area contributed by atoms with Crippen molar-refractivity contribution in [1.82, 2.24) is 4.90 Å². The number of methoxy groups -OCH3 is 2. The Kier molecular flexibility index (Phi) is 9.96. The maximum atomic E-state index is 6.02. The van der Waals surface area contributed by atoms with E-state index < -0.39 is 0 Å². The van der Waals surface area contributed by atoms with Crippen molar-refractivity contribution in [2.24, 2.45) is 16.6 Å². The van der Waals surface area contributed by atoms with Gasteiger partial charge in [-0.1, -0.05) is 6.92 Å². The third-order valence-corrected chi connectivity index (χ3v) is 4.42. The molecular formula is C18H31IN4O2. The minimum Gasteiger partial charge on any atom is -0.493 e. The van der Waals surface area contributed by atoms with Crippen molar-refractivity contribution in [3.63, 3.8) is 0 Å². The SMILES string of the molecule is CCCN1CCC(CN=C(N)Nc2ccc(OC)c(OC)c2)CC1.I. The number of hydrogen-bond donors (Lipinski definition) is 2. The third-order valence-electron chi connectivity index (χ3n) is 4.42. The first kappa shape index (κ1) is 21.8. The fourth-order valence-electron chi connectivity index (χ4n) is 3.04. The monoisotopic (exact) mass is 462 g/mol. The number of nitrogens with two attached hydrogens (primary N) is 1. The van der Waals surface area contributed by atoms with E-state index in [2.05, 4.69) is 22.1 Å². The van der Waals surface area contributed by atoms with Gasteiger partial charge in [-0.25, -0.2) is 0 Å². The van der Waals surface area contributed by atoms with Crippen molar-refractivity contribution in [1.29, 1.82) is 0 Å². The van der Waals surface area contributed by atoms with Crippen molar-refractivity contribution in [2.75, 3.05) is 45.7 Å². The Bertz CT molecular complexity index is 546. The first-order valence-corrected chi connectivity index (χ1v) is 8.67. The van der Waals surface area contributed by atoms with Gasteiger partial charge in [-0.15, -0.1) is 24.0 Å². The Labute approximate surface area is 168 Å². The van der Waals surface area contributed by atoms with Gasteiger partial charge in [-0.2, -0.15) is 0 Å². The zero-order valence-corrected chi connectivity index (χ0v) is 17.8. The van der Waals surface area contributed by atoms with Crippen LogP contribution in [0.3, 0.4) is 0 Å². The molecule has 0 spiro atoms. The third kappa shape index (κ3) is 6.89. The highest BCUT2D eigenvalue weighted by molar-refractivity contribution is 14.0. The van der Waals surface area contributed by atoms with E-state index >= 15 is 0 Å². The molecule has 1 aromatic carbocycles. The lowest BCUT2D eigenvalue weighted by Crippen LogP contribution is -2.35. The van der Waals surface area contributed by atoms with Gasteiger partial charge in [0.2, 0.25) is 0 Å². The number of hydrogen-bond acceptors (Lipinski definition) is 4. The zero-order chi connectivity index (χ0) is 17.4. The molecule has 142 valence electrons. The normalized spacial score (nSPS) is 16.2. The number of guanidine groups is 1. The predicted octanol–water partition coefficient (Wildman–Crippen LogP) is 3.17. The Hall–Kier alpha value is -1.22. The molecule has 0 aromatic heterocycles. The average Bonchev–Trinajstić information content (AvgIpc) is 2.61. The van der Waals surface area contributed by atoms with Gasteiger partial charge in [0.15, 0.2) is 17.5 Å². The van der Waals surface area contributed by atoms with Crippen molar-refractivity contribution >= 4 is 35.6 Å². The molecule has 2 rings (SSSR count). The number of benzene rings is 1. The summed E-state index contributed by atoms with van der Waals surface area (Å²) in [5.41, 5.74) is 6.86. The highest BCUT2D eigenvalue weighted by Crippen LogP contribution is 2.29. The van der Waals surface area contributed by atoms with Gasteiger partial charge in [0.25, 0.3) is 0 Å². The average molecular weight is 462 g/mol. The van der Waals surface area contributed by atoms with Crippen LogP contribution in [0.5, 0.6) is 11.5 Å². The maximum Gasteiger partial charge on any atom is 0.193 e. The minimum absolute atomic E-state index is 0. The number of halogens is 1. The predicted molar refractivity (Wildman–Crippen MR) is 115 cm³/mol. The number of nitrogens with one attached hydrogen (secondary N) is 1. The summed E-state index contributed by atoms with van der Waals surface area (Å²) >= 11 is 0. The number of anilines is 1. The van der Waals surface area contributed by atoms with E-state index in [1.807, 2.05) is 18.2 Å². The maximum absolute atomic E-state index is 6.02. The molecule has 1 saturated heterocycles. The molecule has 1 aromatic rings. The molecule has 1 aliphatic heterocycles. The molecule has 3 N–H and O–H groups in total. The molecule has 0 atom stereocenters. The number of ether oxygens (including phenoxy) is 2. The Morgan fingerprint density at radius 3 is 2.52 bits per heavy atom. The molecule has 0 aliphatic carbocycles. The van der Waals surface area contributed by atoms with Crippen molar-refractivity contribution in [3.8, 4) is 11.5 Å².